The normalized spacial score (nSPS) is 29.4. The molecule has 2 aliphatic rings. The van der Waals surface area contributed by atoms with Crippen molar-refractivity contribution >= 4 is 5.78 Å². The molecule has 2 nitrogen and oxygen atoms in total. The van der Waals surface area contributed by atoms with Gasteiger partial charge >= 0.3 is 0 Å². The molecule has 0 aliphatic heterocycles. The van der Waals surface area contributed by atoms with Crippen molar-refractivity contribution < 1.29 is 9.53 Å². The number of carbonyl (C=O) groups is 1. The fraction of sp³-hybridized carbons (Fsp3) is 0.769. The molecular formula is C13H20O2. The highest BCUT2D eigenvalue weighted by Crippen LogP contribution is 2.49. The van der Waals surface area contributed by atoms with Gasteiger partial charge in [0.05, 0.1) is 18.8 Å². The molecule has 0 heterocycles. The molecule has 0 N–H and O–H groups in total. The molecule has 2 rings (SSSR count). The van der Waals surface area contributed by atoms with E-state index in [-0.39, 0.29) is 11.3 Å². The van der Waals surface area contributed by atoms with Crippen molar-refractivity contribution in [2.75, 3.05) is 7.11 Å². The molecule has 0 aromatic rings. The molecule has 2 aliphatic carbocycles. The summed E-state index contributed by atoms with van der Waals surface area (Å²) in [7, 11) is 1.62. The number of allylic oxidation sites excluding steroid dienone is 1. The summed E-state index contributed by atoms with van der Waals surface area (Å²) in [4.78, 5) is 12.4. The van der Waals surface area contributed by atoms with Gasteiger partial charge in [0.15, 0.2) is 0 Å². The van der Waals surface area contributed by atoms with E-state index in [1.807, 2.05) is 0 Å². The lowest BCUT2D eigenvalue weighted by Gasteiger charge is -2.36. The molecule has 0 bridgehead atoms. The molecule has 1 spiro atoms. The Morgan fingerprint density at radius 3 is 2.53 bits per heavy atom. The highest BCUT2D eigenvalue weighted by Gasteiger charge is 2.47. The molecule has 0 aromatic carbocycles. The predicted octanol–water partition coefficient (Wildman–Crippen LogP) is 3.08. The monoisotopic (exact) mass is 208 g/mol. The molecule has 0 saturated heterocycles. The number of hydrogen-bond donors (Lipinski definition) is 0. The van der Waals surface area contributed by atoms with E-state index in [4.69, 9.17) is 4.74 Å². The Bertz CT molecular complexity index is 274. The predicted molar refractivity (Wildman–Crippen MR) is 59.4 cm³/mol. The first-order chi connectivity index (χ1) is 7.19. The van der Waals surface area contributed by atoms with Crippen LogP contribution < -0.4 is 0 Å². The number of methoxy groups -OCH3 is 1. The maximum atomic E-state index is 12.4. The minimum atomic E-state index is -0.0261. The standard InChI is InChI=1S/C13H20O2/c1-10(15-2)11-6-5-9-13(12(11)14)7-3-4-8-13/h11H,1,3-9H2,2H3. The van der Waals surface area contributed by atoms with Crippen LogP contribution in [0, 0.1) is 11.3 Å². The van der Waals surface area contributed by atoms with Gasteiger partial charge in [0, 0.05) is 5.41 Å². The first-order valence-electron chi connectivity index (χ1n) is 5.97. The fourth-order valence-corrected chi connectivity index (χ4v) is 3.27. The Hall–Kier alpha value is -0.790. The molecule has 2 saturated carbocycles. The van der Waals surface area contributed by atoms with Gasteiger partial charge in [0.1, 0.15) is 5.78 Å². The Labute approximate surface area is 91.7 Å². The minimum absolute atomic E-state index is 0.00435. The largest absolute Gasteiger partial charge is 0.501 e. The summed E-state index contributed by atoms with van der Waals surface area (Å²) in [6, 6.07) is 0. The minimum Gasteiger partial charge on any atom is -0.501 e. The van der Waals surface area contributed by atoms with Crippen LogP contribution in [-0.2, 0) is 9.53 Å². The zero-order valence-corrected chi connectivity index (χ0v) is 9.55. The number of ketones is 1. The maximum absolute atomic E-state index is 12.4. The Morgan fingerprint density at radius 1 is 1.33 bits per heavy atom. The van der Waals surface area contributed by atoms with E-state index in [1.54, 1.807) is 7.11 Å². The molecular weight excluding hydrogens is 188 g/mol. The molecule has 2 heteroatoms. The summed E-state index contributed by atoms with van der Waals surface area (Å²) in [5.41, 5.74) is 0.00435. The quantitative estimate of drug-likeness (QED) is 0.652. The first-order valence-corrected chi connectivity index (χ1v) is 5.97. The number of hydrogen-bond acceptors (Lipinski definition) is 2. The molecule has 1 unspecified atom stereocenters. The van der Waals surface area contributed by atoms with Gasteiger partial charge in [-0.2, -0.15) is 0 Å². The van der Waals surface area contributed by atoms with Crippen LogP contribution in [0.25, 0.3) is 0 Å². The smallest absolute Gasteiger partial charge is 0.149 e. The molecule has 2 fully saturated rings. The van der Waals surface area contributed by atoms with Crippen LogP contribution in [0.5, 0.6) is 0 Å². The van der Waals surface area contributed by atoms with Crippen LogP contribution in [0.15, 0.2) is 12.3 Å². The van der Waals surface area contributed by atoms with Gasteiger partial charge in [-0.1, -0.05) is 25.8 Å². The lowest BCUT2D eigenvalue weighted by molar-refractivity contribution is -0.135. The van der Waals surface area contributed by atoms with E-state index in [0.29, 0.717) is 11.5 Å². The maximum Gasteiger partial charge on any atom is 0.149 e. The SMILES string of the molecule is C=C(OC)C1CCCC2(CCCC2)C1=O. The lowest BCUT2D eigenvalue weighted by Crippen LogP contribution is -2.38. The molecule has 0 aromatic heterocycles. The number of ether oxygens (including phenoxy) is 1. The van der Waals surface area contributed by atoms with Gasteiger partial charge < -0.3 is 4.74 Å². The molecule has 0 amide bonds. The zero-order valence-electron chi connectivity index (χ0n) is 9.55. The second-order valence-corrected chi connectivity index (χ2v) is 4.97. The summed E-state index contributed by atoms with van der Waals surface area (Å²) in [5, 5.41) is 0. The third kappa shape index (κ3) is 1.70. The number of rotatable bonds is 2. The number of Topliss-reactive ketones (excluding diaryl/α,β-unsaturated/α-hetero) is 1. The van der Waals surface area contributed by atoms with Crippen molar-refractivity contribution in [3.63, 3.8) is 0 Å². The average Bonchev–Trinajstić information content (AvgIpc) is 2.71. The second kappa shape index (κ2) is 3.99. The summed E-state index contributed by atoms with van der Waals surface area (Å²) < 4.78 is 5.15. The van der Waals surface area contributed by atoms with Crippen LogP contribution in [0.1, 0.15) is 44.9 Å². The van der Waals surface area contributed by atoms with Crippen molar-refractivity contribution in [1.29, 1.82) is 0 Å². The van der Waals surface area contributed by atoms with Crippen LogP contribution in [0.3, 0.4) is 0 Å². The van der Waals surface area contributed by atoms with Crippen molar-refractivity contribution in [2.45, 2.75) is 44.9 Å². The third-order valence-corrected chi connectivity index (χ3v) is 4.20. The zero-order chi connectivity index (χ0) is 10.9. The van der Waals surface area contributed by atoms with Crippen molar-refractivity contribution in [3.8, 4) is 0 Å². The van der Waals surface area contributed by atoms with E-state index < -0.39 is 0 Å². The Balaban J connectivity index is 2.16. The Morgan fingerprint density at radius 2 is 1.93 bits per heavy atom. The summed E-state index contributed by atoms with van der Waals surface area (Å²) in [6.07, 6.45) is 7.82. The van der Waals surface area contributed by atoms with Gasteiger partial charge in [-0.3, -0.25) is 4.79 Å². The first kappa shape index (κ1) is 10.7. The van der Waals surface area contributed by atoms with E-state index in [9.17, 15) is 4.79 Å². The Kier molecular flexibility index (Phi) is 2.85. The van der Waals surface area contributed by atoms with E-state index in [1.165, 1.54) is 12.8 Å². The van der Waals surface area contributed by atoms with Gasteiger partial charge in [0.25, 0.3) is 0 Å². The van der Waals surface area contributed by atoms with E-state index >= 15 is 0 Å². The van der Waals surface area contributed by atoms with E-state index in [2.05, 4.69) is 6.58 Å². The summed E-state index contributed by atoms with van der Waals surface area (Å²) in [6.45, 7) is 3.86. The van der Waals surface area contributed by atoms with Crippen molar-refractivity contribution in [1.82, 2.24) is 0 Å². The van der Waals surface area contributed by atoms with Gasteiger partial charge in [-0.25, -0.2) is 0 Å². The third-order valence-electron chi connectivity index (χ3n) is 4.20. The van der Waals surface area contributed by atoms with Crippen molar-refractivity contribution in [2.24, 2.45) is 11.3 Å². The van der Waals surface area contributed by atoms with Crippen molar-refractivity contribution in [3.05, 3.63) is 12.3 Å². The average molecular weight is 208 g/mol. The molecule has 0 radical (unpaired) electrons. The highest BCUT2D eigenvalue weighted by molar-refractivity contribution is 5.89. The number of carbonyl (C=O) groups excluding carboxylic acids is 1. The van der Waals surface area contributed by atoms with Crippen LogP contribution >= 0.6 is 0 Å². The summed E-state index contributed by atoms with van der Waals surface area (Å²) >= 11 is 0. The van der Waals surface area contributed by atoms with E-state index in [0.717, 1.165) is 32.1 Å². The topological polar surface area (TPSA) is 26.3 Å². The fourth-order valence-electron chi connectivity index (χ4n) is 3.27. The van der Waals surface area contributed by atoms with Crippen LogP contribution in [0.4, 0.5) is 0 Å². The van der Waals surface area contributed by atoms with Gasteiger partial charge in [-0.05, 0) is 25.7 Å². The second-order valence-electron chi connectivity index (χ2n) is 4.97. The highest BCUT2D eigenvalue weighted by atomic mass is 16.5. The van der Waals surface area contributed by atoms with Crippen LogP contribution in [-0.4, -0.2) is 12.9 Å². The molecule has 84 valence electrons. The van der Waals surface area contributed by atoms with Gasteiger partial charge in [0.2, 0.25) is 0 Å². The van der Waals surface area contributed by atoms with Crippen LogP contribution in [0.2, 0.25) is 0 Å². The molecule has 15 heavy (non-hydrogen) atoms. The van der Waals surface area contributed by atoms with Gasteiger partial charge in [-0.15, -0.1) is 0 Å². The lowest BCUT2D eigenvalue weighted by atomic mass is 9.67. The summed E-state index contributed by atoms with van der Waals surface area (Å²) in [5.74, 6) is 1.06. The molecule has 1 atom stereocenters.